The van der Waals surface area contributed by atoms with Gasteiger partial charge in [-0.15, -0.1) is 0 Å². The predicted molar refractivity (Wildman–Crippen MR) is 90.1 cm³/mol. The van der Waals surface area contributed by atoms with E-state index in [9.17, 15) is 0 Å². The van der Waals surface area contributed by atoms with Crippen LogP contribution < -0.4 is 10.1 Å². The van der Waals surface area contributed by atoms with Crippen LogP contribution in [0.3, 0.4) is 0 Å². The maximum Gasteiger partial charge on any atom is 0.133 e. The largest absolute Gasteiger partial charge is 0.496 e. The Hall–Kier alpha value is -0.840. The van der Waals surface area contributed by atoms with E-state index in [4.69, 9.17) is 4.74 Å². The van der Waals surface area contributed by atoms with Gasteiger partial charge in [-0.1, -0.05) is 34.1 Å². The highest BCUT2D eigenvalue weighted by Crippen LogP contribution is 2.25. The quantitative estimate of drug-likeness (QED) is 0.758. The van der Waals surface area contributed by atoms with Crippen molar-refractivity contribution in [3.05, 3.63) is 62.5 Å². The summed E-state index contributed by atoms with van der Waals surface area (Å²) >= 11 is 6.96. The van der Waals surface area contributed by atoms with Crippen LogP contribution in [0.25, 0.3) is 0 Å². The van der Waals surface area contributed by atoms with Crippen LogP contribution in [0.4, 0.5) is 0 Å². The van der Waals surface area contributed by atoms with Crippen molar-refractivity contribution in [3.63, 3.8) is 0 Å². The van der Waals surface area contributed by atoms with Crippen LogP contribution in [0.2, 0.25) is 0 Å². The molecule has 20 heavy (non-hydrogen) atoms. The summed E-state index contributed by atoms with van der Waals surface area (Å²) in [6, 6.07) is 14.8. The van der Waals surface area contributed by atoms with Crippen LogP contribution in [-0.4, -0.2) is 7.11 Å². The summed E-state index contributed by atoms with van der Waals surface area (Å²) in [6.45, 7) is 2.99. The molecule has 1 atom stereocenters. The van der Waals surface area contributed by atoms with Crippen LogP contribution in [-0.2, 0) is 6.54 Å². The molecule has 0 aromatic heterocycles. The van der Waals surface area contributed by atoms with Crippen molar-refractivity contribution in [1.29, 1.82) is 0 Å². The van der Waals surface area contributed by atoms with Crippen LogP contribution >= 0.6 is 31.9 Å². The number of methoxy groups -OCH3 is 1. The zero-order chi connectivity index (χ0) is 14.5. The maximum atomic E-state index is 5.23. The molecule has 1 N–H and O–H groups in total. The van der Waals surface area contributed by atoms with Crippen molar-refractivity contribution in [2.45, 2.75) is 19.5 Å². The summed E-state index contributed by atoms with van der Waals surface area (Å²) in [5.41, 5.74) is 2.50. The molecule has 0 saturated heterocycles. The second kappa shape index (κ2) is 7.25. The fourth-order valence-corrected chi connectivity index (χ4v) is 2.81. The number of ether oxygens (including phenoxy) is 1. The predicted octanol–water partition coefficient (Wildman–Crippen LogP) is 5.07. The van der Waals surface area contributed by atoms with E-state index < -0.39 is 0 Å². The molecule has 2 nitrogen and oxygen atoms in total. The standard InChI is InChI=1S/C16H17Br2NO/c1-11(13-4-6-14(17)7-5-13)19-10-12-3-8-16(20-2)15(18)9-12/h3-9,11,19H,10H2,1-2H3/t11-/m0/s1. The first kappa shape index (κ1) is 15.5. The molecule has 0 radical (unpaired) electrons. The van der Waals surface area contributed by atoms with Gasteiger partial charge in [-0.05, 0) is 58.2 Å². The van der Waals surface area contributed by atoms with Crippen LogP contribution in [0, 0.1) is 0 Å². The first-order valence-electron chi connectivity index (χ1n) is 6.41. The Morgan fingerprint density at radius 3 is 2.40 bits per heavy atom. The summed E-state index contributed by atoms with van der Waals surface area (Å²) in [7, 11) is 1.67. The molecule has 2 aromatic carbocycles. The Balaban J connectivity index is 1.97. The number of rotatable bonds is 5. The molecular weight excluding hydrogens is 382 g/mol. The molecule has 0 aliphatic rings. The van der Waals surface area contributed by atoms with Gasteiger partial charge in [0, 0.05) is 17.1 Å². The summed E-state index contributed by atoms with van der Waals surface area (Å²) in [5.74, 6) is 0.856. The lowest BCUT2D eigenvalue weighted by atomic mass is 10.1. The Morgan fingerprint density at radius 1 is 1.10 bits per heavy atom. The number of nitrogens with one attached hydrogen (secondary N) is 1. The Kier molecular flexibility index (Phi) is 5.64. The molecule has 0 spiro atoms. The van der Waals surface area contributed by atoms with E-state index in [-0.39, 0.29) is 0 Å². The fourth-order valence-electron chi connectivity index (χ4n) is 1.96. The fraction of sp³-hybridized carbons (Fsp3) is 0.250. The molecule has 0 aliphatic heterocycles. The molecule has 4 heteroatoms. The number of hydrogen-bond donors (Lipinski definition) is 1. The van der Waals surface area contributed by atoms with Crippen molar-refractivity contribution >= 4 is 31.9 Å². The van der Waals surface area contributed by atoms with E-state index in [1.807, 2.05) is 6.07 Å². The smallest absolute Gasteiger partial charge is 0.133 e. The van der Waals surface area contributed by atoms with Gasteiger partial charge in [0.05, 0.1) is 11.6 Å². The molecule has 0 heterocycles. The first-order valence-corrected chi connectivity index (χ1v) is 8.00. The van der Waals surface area contributed by atoms with Crippen LogP contribution in [0.15, 0.2) is 51.4 Å². The average Bonchev–Trinajstić information content (AvgIpc) is 2.45. The highest BCUT2D eigenvalue weighted by molar-refractivity contribution is 9.10. The number of hydrogen-bond acceptors (Lipinski definition) is 2. The SMILES string of the molecule is COc1ccc(CN[C@@H](C)c2ccc(Br)cc2)cc1Br. The number of benzene rings is 2. The van der Waals surface area contributed by atoms with Gasteiger partial charge in [0.2, 0.25) is 0 Å². The maximum absolute atomic E-state index is 5.23. The summed E-state index contributed by atoms with van der Waals surface area (Å²) < 4.78 is 7.32. The zero-order valence-corrected chi connectivity index (χ0v) is 14.7. The van der Waals surface area contributed by atoms with E-state index in [0.29, 0.717) is 6.04 Å². The van der Waals surface area contributed by atoms with Crippen molar-refractivity contribution in [3.8, 4) is 5.75 Å². The Morgan fingerprint density at radius 2 is 1.80 bits per heavy atom. The minimum absolute atomic E-state index is 0.309. The van der Waals surface area contributed by atoms with Gasteiger partial charge in [0.15, 0.2) is 0 Å². The second-order valence-electron chi connectivity index (χ2n) is 4.62. The highest BCUT2D eigenvalue weighted by atomic mass is 79.9. The summed E-state index contributed by atoms with van der Waals surface area (Å²) in [6.07, 6.45) is 0. The third-order valence-electron chi connectivity index (χ3n) is 3.20. The minimum atomic E-state index is 0.309. The normalized spacial score (nSPS) is 12.2. The Labute approximate surface area is 136 Å². The van der Waals surface area contributed by atoms with E-state index in [1.165, 1.54) is 11.1 Å². The molecule has 0 saturated carbocycles. The van der Waals surface area contributed by atoms with Crippen molar-refractivity contribution in [1.82, 2.24) is 5.32 Å². The molecule has 0 aliphatic carbocycles. The molecule has 2 aromatic rings. The zero-order valence-electron chi connectivity index (χ0n) is 11.5. The topological polar surface area (TPSA) is 21.3 Å². The van der Waals surface area contributed by atoms with Crippen molar-refractivity contribution in [2.75, 3.05) is 7.11 Å². The van der Waals surface area contributed by atoms with Gasteiger partial charge in [0.1, 0.15) is 5.75 Å². The molecular formula is C16H17Br2NO. The third-order valence-corrected chi connectivity index (χ3v) is 4.35. The summed E-state index contributed by atoms with van der Waals surface area (Å²) in [5, 5.41) is 3.52. The van der Waals surface area contributed by atoms with Gasteiger partial charge in [-0.25, -0.2) is 0 Å². The molecule has 0 fully saturated rings. The van der Waals surface area contributed by atoms with Crippen molar-refractivity contribution in [2.24, 2.45) is 0 Å². The average molecular weight is 399 g/mol. The van der Waals surface area contributed by atoms with Gasteiger partial charge in [-0.3, -0.25) is 0 Å². The van der Waals surface area contributed by atoms with E-state index >= 15 is 0 Å². The Bertz CT molecular complexity index is 569. The lowest BCUT2D eigenvalue weighted by Crippen LogP contribution is -2.18. The summed E-state index contributed by atoms with van der Waals surface area (Å²) in [4.78, 5) is 0. The van der Waals surface area contributed by atoms with Crippen molar-refractivity contribution < 1.29 is 4.74 Å². The molecule has 0 amide bonds. The molecule has 2 rings (SSSR count). The van der Waals surface area contributed by atoms with E-state index in [1.54, 1.807) is 7.11 Å². The first-order chi connectivity index (χ1) is 9.60. The van der Waals surface area contributed by atoms with Gasteiger partial charge >= 0.3 is 0 Å². The van der Waals surface area contributed by atoms with E-state index in [0.717, 1.165) is 21.2 Å². The lowest BCUT2D eigenvalue weighted by Gasteiger charge is -2.15. The number of halogens is 2. The van der Waals surface area contributed by atoms with Crippen LogP contribution in [0.5, 0.6) is 5.75 Å². The van der Waals surface area contributed by atoms with Gasteiger partial charge in [0.25, 0.3) is 0 Å². The lowest BCUT2D eigenvalue weighted by molar-refractivity contribution is 0.412. The molecule has 106 valence electrons. The molecule has 0 bridgehead atoms. The minimum Gasteiger partial charge on any atom is -0.496 e. The second-order valence-corrected chi connectivity index (χ2v) is 6.39. The molecule has 0 unspecified atom stereocenters. The van der Waals surface area contributed by atoms with Gasteiger partial charge < -0.3 is 10.1 Å². The van der Waals surface area contributed by atoms with E-state index in [2.05, 4.69) is 80.5 Å². The highest BCUT2D eigenvalue weighted by Gasteiger charge is 2.06. The third kappa shape index (κ3) is 4.08. The van der Waals surface area contributed by atoms with Crippen LogP contribution in [0.1, 0.15) is 24.1 Å². The monoisotopic (exact) mass is 397 g/mol. The van der Waals surface area contributed by atoms with Gasteiger partial charge in [-0.2, -0.15) is 0 Å².